The van der Waals surface area contributed by atoms with E-state index in [1.54, 1.807) is 0 Å². The van der Waals surface area contributed by atoms with Crippen LogP contribution in [0.3, 0.4) is 0 Å². The zero-order valence-electron chi connectivity index (χ0n) is 18.9. The van der Waals surface area contributed by atoms with Gasteiger partial charge in [-0.25, -0.2) is 0 Å². The van der Waals surface area contributed by atoms with Crippen molar-refractivity contribution < 1.29 is 4.79 Å². The van der Waals surface area contributed by atoms with Crippen LogP contribution < -0.4 is 4.90 Å². The molecular formula is C27H36N2O. The molecule has 2 aliphatic heterocycles. The molecule has 2 aromatic rings. The van der Waals surface area contributed by atoms with Crippen LogP contribution in [0, 0.1) is 0 Å². The van der Waals surface area contributed by atoms with Crippen molar-refractivity contribution in [2.45, 2.75) is 70.3 Å². The van der Waals surface area contributed by atoms with E-state index in [-0.39, 0.29) is 11.4 Å². The number of fused-ring (bicyclic) bond motifs is 1. The molecule has 0 saturated carbocycles. The Hall–Kier alpha value is -2.13. The number of nitrogens with zero attached hydrogens (tertiary/aromatic N) is 2. The number of carbonyl (C=O) groups is 1. The maximum absolute atomic E-state index is 13.4. The Morgan fingerprint density at radius 1 is 1.07 bits per heavy atom. The summed E-state index contributed by atoms with van der Waals surface area (Å²) in [4.78, 5) is 18.0. The standard InChI is InChI=1S/C27H36N2O/c1-27(2)17-14-23-12-13-24(22-15-18-28(3)19-16-22)20-25(23)29(27)26(30)11-7-10-21-8-5-4-6-9-21/h4-6,8-9,12-13,20,22H,7,10-11,14-19H2,1-3H3. The molecule has 2 aliphatic rings. The predicted octanol–water partition coefficient (Wildman–Crippen LogP) is 5.58. The Bertz CT molecular complexity index is 866. The summed E-state index contributed by atoms with van der Waals surface area (Å²) in [6.45, 7) is 6.78. The second-order valence-corrected chi connectivity index (χ2v) is 9.85. The first kappa shape index (κ1) is 21.1. The largest absolute Gasteiger partial charge is 0.307 e. The highest BCUT2D eigenvalue weighted by Crippen LogP contribution is 2.40. The number of amides is 1. The number of carbonyl (C=O) groups excluding carboxylic acids is 1. The summed E-state index contributed by atoms with van der Waals surface area (Å²) in [6.07, 6.45) is 6.98. The number of aryl methyl sites for hydroxylation is 2. The molecule has 2 aromatic carbocycles. The van der Waals surface area contributed by atoms with E-state index in [1.165, 1.54) is 35.2 Å². The lowest BCUT2D eigenvalue weighted by Crippen LogP contribution is -2.51. The average Bonchev–Trinajstić information content (AvgIpc) is 2.74. The first-order valence-electron chi connectivity index (χ1n) is 11.6. The van der Waals surface area contributed by atoms with Crippen molar-refractivity contribution in [3.05, 3.63) is 65.2 Å². The van der Waals surface area contributed by atoms with Crippen LogP contribution in [0.1, 0.15) is 68.6 Å². The fourth-order valence-electron chi connectivity index (χ4n) is 5.15. The lowest BCUT2D eigenvalue weighted by atomic mass is 9.83. The molecule has 0 N–H and O–H groups in total. The third-order valence-corrected chi connectivity index (χ3v) is 7.10. The molecule has 1 amide bonds. The van der Waals surface area contributed by atoms with Gasteiger partial charge in [0, 0.05) is 17.6 Å². The van der Waals surface area contributed by atoms with Gasteiger partial charge < -0.3 is 9.80 Å². The normalized spacial score (nSPS) is 19.5. The van der Waals surface area contributed by atoms with E-state index in [0.29, 0.717) is 12.3 Å². The monoisotopic (exact) mass is 404 g/mol. The minimum absolute atomic E-state index is 0.123. The Balaban J connectivity index is 1.52. The molecule has 0 bridgehead atoms. The van der Waals surface area contributed by atoms with Gasteiger partial charge in [-0.3, -0.25) is 4.79 Å². The number of hydrogen-bond acceptors (Lipinski definition) is 2. The molecule has 0 radical (unpaired) electrons. The minimum atomic E-state index is -0.123. The van der Waals surface area contributed by atoms with Gasteiger partial charge in [0.05, 0.1) is 0 Å². The van der Waals surface area contributed by atoms with Crippen LogP contribution in [0.5, 0.6) is 0 Å². The van der Waals surface area contributed by atoms with Crippen molar-refractivity contribution in [3.63, 3.8) is 0 Å². The van der Waals surface area contributed by atoms with Gasteiger partial charge in [0.25, 0.3) is 0 Å². The number of hydrogen-bond donors (Lipinski definition) is 0. The Kier molecular flexibility index (Phi) is 6.29. The molecule has 160 valence electrons. The number of benzene rings is 2. The van der Waals surface area contributed by atoms with Gasteiger partial charge in [-0.15, -0.1) is 0 Å². The van der Waals surface area contributed by atoms with Crippen LogP contribution in [0.15, 0.2) is 48.5 Å². The fraction of sp³-hybridized carbons (Fsp3) is 0.519. The van der Waals surface area contributed by atoms with Crippen molar-refractivity contribution >= 4 is 11.6 Å². The van der Waals surface area contributed by atoms with Crippen LogP contribution >= 0.6 is 0 Å². The van der Waals surface area contributed by atoms with Crippen molar-refractivity contribution in [1.82, 2.24) is 4.90 Å². The number of rotatable bonds is 5. The van der Waals surface area contributed by atoms with Crippen LogP contribution in [0.2, 0.25) is 0 Å². The maximum Gasteiger partial charge on any atom is 0.227 e. The highest BCUT2D eigenvalue weighted by Gasteiger charge is 2.37. The van der Waals surface area contributed by atoms with Crippen molar-refractivity contribution in [2.24, 2.45) is 0 Å². The van der Waals surface area contributed by atoms with Crippen LogP contribution in [-0.4, -0.2) is 36.5 Å². The predicted molar refractivity (Wildman–Crippen MR) is 125 cm³/mol. The quantitative estimate of drug-likeness (QED) is 0.650. The molecule has 2 heterocycles. The van der Waals surface area contributed by atoms with Gasteiger partial charge in [0.15, 0.2) is 0 Å². The van der Waals surface area contributed by atoms with Gasteiger partial charge in [-0.1, -0.05) is 42.5 Å². The van der Waals surface area contributed by atoms with Gasteiger partial charge in [0.2, 0.25) is 5.91 Å². The molecule has 0 aliphatic carbocycles. The SMILES string of the molecule is CN1CCC(c2ccc3c(c2)N(C(=O)CCCc2ccccc2)C(C)(C)CC3)CC1. The molecule has 4 rings (SSSR count). The van der Waals surface area contributed by atoms with E-state index in [0.717, 1.165) is 38.8 Å². The fourth-order valence-corrected chi connectivity index (χ4v) is 5.15. The van der Waals surface area contributed by atoms with Crippen LogP contribution in [0.25, 0.3) is 0 Å². The van der Waals surface area contributed by atoms with E-state index >= 15 is 0 Å². The summed E-state index contributed by atoms with van der Waals surface area (Å²) in [5.74, 6) is 0.893. The van der Waals surface area contributed by atoms with Crippen molar-refractivity contribution in [3.8, 4) is 0 Å². The van der Waals surface area contributed by atoms with Crippen molar-refractivity contribution in [2.75, 3.05) is 25.0 Å². The van der Waals surface area contributed by atoms with E-state index < -0.39 is 0 Å². The van der Waals surface area contributed by atoms with E-state index in [2.05, 4.69) is 73.2 Å². The van der Waals surface area contributed by atoms with Crippen molar-refractivity contribution in [1.29, 1.82) is 0 Å². The third-order valence-electron chi connectivity index (χ3n) is 7.10. The molecule has 3 heteroatoms. The highest BCUT2D eigenvalue weighted by atomic mass is 16.2. The van der Waals surface area contributed by atoms with E-state index in [9.17, 15) is 4.79 Å². The maximum atomic E-state index is 13.4. The molecule has 1 fully saturated rings. The second-order valence-electron chi connectivity index (χ2n) is 9.85. The van der Waals surface area contributed by atoms with Crippen LogP contribution in [-0.2, 0) is 17.6 Å². The van der Waals surface area contributed by atoms with Gasteiger partial charge >= 0.3 is 0 Å². The zero-order chi connectivity index (χ0) is 21.1. The van der Waals surface area contributed by atoms with Gasteiger partial charge in [-0.05, 0) is 101 Å². The molecule has 0 unspecified atom stereocenters. The van der Waals surface area contributed by atoms with Gasteiger partial charge in [0.1, 0.15) is 0 Å². The highest BCUT2D eigenvalue weighted by molar-refractivity contribution is 5.96. The van der Waals surface area contributed by atoms with E-state index in [4.69, 9.17) is 0 Å². The summed E-state index contributed by atoms with van der Waals surface area (Å²) in [5, 5.41) is 0. The molecule has 1 saturated heterocycles. The smallest absolute Gasteiger partial charge is 0.227 e. The number of piperidine rings is 1. The first-order valence-corrected chi connectivity index (χ1v) is 11.6. The Morgan fingerprint density at radius 3 is 2.53 bits per heavy atom. The number of anilines is 1. The zero-order valence-corrected chi connectivity index (χ0v) is 18.9. The molecule has 0 spiro atoms. The minimum Gasteiger partial charge on any atom is -0.307 e. The average molecular weight is 405 g/mol. The van der Waals surface area contributed by atoms with Gasteiger partial charge in [-0.2, -0.15) is 0 Å². The molecule has 0 atom stereocenters. The summed E-state index contributed by atoms with van der Waals surface area (Å²) in [7, 11) is 2.21. The molecule has 0 aromatic heterocycles. The Labute approximate surface area is 182 Å². The number of likely N-dealkylation sites (tertiary alicyclic amines) is 1. The third kappa shape index (κ3) is 4.62. The lowest BCUT2D eigenvalue weighted by Gasteiger charge is -2.44. The Morgan fingerprint density at radius 2 is 1.80 bits per heavy atom. The van der Waals surface area contributed by atoms with E-state index in [1.807, 2.05) is 6.07 Å². The molecular weight excluding hydrogens is 368 g/mol. The summed E-state index contributed by atoms with van der Waals surface area (Å²) in [5.41, 5.74) is 5.12. The summed E-state index contributed by atoms with van der Waals surface area (Å²) in [6, 6.07) is 17.5. The summed E-state index contributed by atoms with van der Waals surface area (Å²) >= 11 is 0. The molecule has 30 heavy (non-hydrogen) atoms. The topological polar surface area (TPSA) is 23.6 Å². The first-order chi connectivity index (χ1) is 14.4. The summed E-state index contributed by atoms with van der Waals surface area (Å²) < 4.78 is 0. The second kappa shape index (κ2) is 8.93. The van der Waals surface area contributed by atoms with Crippen LogP contribution in [0.4, 0.5) is 5.69 Å². The lowest BCUT2D eigenvalue weighted by molar-refractivity contribution is -0.119. The molecule has 3 nitrogen and oxygen atoms in total.